The summed E-state index contributed by atoms with van der Waals surface area (Å²) in [7, 11) is 3.34. The van der Waals surface area contributed by atoms with Crippen LogP contribution in [0.15, 0.2) is 66.2 Å². The normalized spacial score (nSPS) is 12.7. The molecule has 0 amide bonds. The third-order valence-electron chi connectivity index (χ3n) is 5.77. The molecule has 1 atom stereocenters. The highest BCUT2D eigenvalue weighted by Crippen LogP contribution is 2.26. The van der Waals surface area contributed by atoms with E-state index in [4.69, 9.17) is 14.3 Å². The summed E-state index contributed by atoms with van der Waals surface area (Å²) in [6.07, 6.45) is 8.43. The van der Waals surface area contributed by atoms with Crippen molar-refractivity contribution in [1.29, 1.82) is 0 Å². The average molecular weight is 495 g/mol. The summed E-state index contributed by atoms with van der Waals surface area (Å²) < 4.78 is 26.4. The van der Waals surface area contributed by atoms with E-state index in [1.54, 1.807) is 32.7 Å². The Morgan fingerprint density at radius 3 is 2.61 bits per heavy atom. The van der Waals surface area contributed by atoms with Gasteiger partial charge in [-0.1, -0.05) is 29.4 Å². The minimum absolute atomic E-state index is 0.0623. The van der Waals surface area contributed by atoms with Gasteiger partial charge in [0.2, 0.25) is 0 Å². The molecule has 0 bridgehead atoms. The molecule has 192 valence electrons. The fourth-order valence-corrected chi connectivity index (χ4v) is 3.85. The first-order valence-electron chi connectivity index (χ1n) is 12.0. The van der Waals surface area contributed by atoms with E-state index in [2.05, 4.69) is 22.0 Å². The van der Waals surface area contributed by atoms with Crippen LogP contribution in [-0.2, 0) is 9.57 Å². The third-order valence-corrected chi connectivity index (χ3v) is 5.77. The molecule has 0 aliphatic carbocycles. The molecular formula is C28H35FN4O3. The number of aryl methyl sites for hydroxylation is 1. The molecule has 1 aromatic heterocycles. The molecule has 2 aromatic carbocycles. The van der Waals surface area contributed by atoms with Gasteiger partial charge in [0.15, 0.2) is 5.84 Å². The minimum Gasteiger partial charge on any atom is -0.495 e. The van der Waals surface area contributed by atoms with Crippen LogP contribution in [0.2, 0.25) is 0 Å². The molecule has 0 spiro atoms. The molecule has 8 heteroatoms. The molecule has 0 fully saturated rings. The van der Waals surface area contributed by atoms with Gasteiger partial charge in [-0.2, -0.15) is 0 Å². The first-order valence-corrected chi connectivity index (χ1v) is 12.0. The summed E-state index contributed by atoms with van der Waals surface area (Å²) in [6.45, 7) is 7.66. The van der Waals surface area contributed by atoms with Crippen LogP contribution >= 0.6 is 0 Å². The Kier molecular flexibility index (Phi) is 10.1. The van der Waals surface area contributed by atoms with E-state index in [1.807, 2.05) is 55.0 Å². The van der Waals surface area contributed by atoms with Crippen LogP contribution in [0.5, 0.6) is 5.75 Å². The number of methoxy groups -OCH3 is 2. The Morgan fingerprint density at radius 2 is 1.97 bits per heavy atom. The molecule has 0 aliphatic rings. The first kappa shape index (κ1) is 26.9. The number of amidine groups is 1. The predicted octanol–water partition coefficient (Wildman–Crippen LogP) is 5.79. The number of halogens is 1. The van der Waals surface area contributed by atoms with Crippen LogP contribution in [0.25, 0.3) is 11.8 Å². The third kappa shape index (κ3) is 7.18. The van der Waals surface area contributed by atoms with Crippen LogP contribution in [0.4, 0.5) is 4.39 Å². The van der Waals surface area contributed by atoms with Crippen molar-refractivity contribution in [3.05, 3.63) is 83.7 Å². The summed E-state index contributed by atoms with van der Waals surface area (Å²) in [5, 5.41) is 4.41. The maximum Gasteiger partial charge on any atom is 0.168 e. The molecule has 3 aromatic rings. The van der Waals surface area contributed by atoms with Crippen molar-refractivity contribution in [3.8, 4) is 11.4 Å². The number of hydrogen-bond donors (Lipinski definition) is 0. The van der Waals surface area contributed by atoms with Crippen LogP contribution in [-0.4, -0.2) is 54.3 Å². The quantitative estimate of drug-likeness (QED) is 0.138. The molecule has 1 heterocycles. The average Bonchev–Trinajstić information content (AvgIpc) is 3.33. The second kappa shape index (κ2) is 13.4. The Morgan fingerprint density at radius 1 is 1.19 bits per heavy atom. The van der Waals surface area contributed by atoms with Gasteiger partial charge in [0, 0.05) is 26.5 Å². The maximum atomic E-state index is 13.5. The molecule has 1 unspecified atom stereocenters. The molecule has 0 radical (unpaired) electrons. The van der Waals surface area contributed by atoms with Crippen molar-refractivity contribution in [1.82, 2.24) is 14.5 Å². The second-order valence-electron chi connectivity index (χ2n) is 8.32. The molecular weight excluding hydrogens is 459 g/mol. The maximum absolute atomic E-state index is 13.5. The van der Waals surface area contributed by atoms with Gasteiger partial charge < -0.3 is 23.8 Å². The zero-order valence-electron chi connectivity index (χ0n) is 21.6. The summed E-state index contributed by atoms with van der Waals surface area (Å²) >= 11 is 0. The Bertz CT molecular complexity index is 1160. The SMILES string of the molecule is CCO/N=C(/C=C/c1ccc(-n2cnc(C)c2)c(OC)c1)N(CCCOC)C(C)c1ccc(F)cc1. The van der Waals surface area contributed by atoms with Gasteiger partial charge in [0.25, 0.3) is 0 Å². The Balaban J connectivity index is 1.92. The van der Waals surface area contributed by atoms with Crippen LogP contribution in [0, 0.1) is 12.7 Å². The molecule has 7 nitrogen and oxygen atoms in total. The van der Waals surface area contributed by atoms with E-state index in [1.165, 1.54) is 12.1 Å². The summed E-state index contributed by atoms with van der Waals surface area (Å²) in [5.41, 5.74) is 3.77. The first-order chi connectivity index (χ1) is 17.5. The molecule has 0 saturated heterocycles. The number of imidazole rings is 1. The van der Waals surface area contributed by atoms with Crippen molar-refractivity contribution >= 4 is 11.9 Å². The van der Waals surface area contributed by atoms with Gasteiger partial charge in [0.05, 0.1) is 30.9 Å². The Hall–Kier alpha value is -3.65. The number of benzene rings is 2. The van der Waals surface area contributed by atoms with Gasteiger partial charge in [-0.05, 0) is 68.7 Å². The van der Waals surface area contributed by atoms with Crippen molar-refractivity contribution in [2.45, 2.75) is 33.2 Å². The van der Waals surface area contributed by atoms with E-state index < -0.39 is 0 Å². The van der Waals surface area contributed by atoms with E-state index >= 15 is 0 Å². The standard InChI is InChI=1S/C28H35FN4O3/c1-6-36-31-28(33(16-7-17-34-4)22(3)24-10-12-25(29)13-11-24)15-9-23-8-14-26(27(18-23)35-5)32-19-21(2)30-20-32/h8-15,18-20,22H,6-7,16-17H2,1-5H3/b15-9+,31-28-. The smallest absolute Gasteiger partial charge is 0.168 e. The van der Waals surface area contributed by atoms with Gasteiger partial charge in [0.1, 0.15) is 18.2 Å². The zero-order chi connectivity index (χ0) is 25.9. The van der Waals surface area contributed by atoms with Crippen molar-refractivity contribution in [2.24, 2.45) is 5.16 Å². The number of ether oxygens (including phenoxy) is 2. The van der Waals surface area contributed by atoms with Gasteiger partial charge in [-0.15, -0.1) is 0 Å². The monoisotopic (exact) mass is 494 g/mol. The lowest BCUT2D eigenvalue weighted by Gasteiger charge is -2.31. The van der Waals surface area contributed by atoms with E-state index in [0.29, 0.717) is 25.6 Å². The highest BCUT2D eigenvalue weighted by Gasteiger charge is 2.19. The number of aromatic nitrogens is 2. The minimum atomic E-state index is -0.261. The zero-order valence-corrected chi connectivity index (χ0v) is 21.6. The fourth-order valence-electron chi connectivity index (χ4n) is 3.85. The number of oxime groups is 1. The number of nitrogens with zero attached hydrogens (tertiary/aromatic N) is 4. The van der Waals surface area contributed by atoms with Gasteiger partial charge in [-0.3, -0.25) is 0 Å². The highest BCUT2D eigenvalue weighted by atomic mass is 19.1. The Labute approximate surface area is 212 Å². The van der Waals surface area contributed by atoms with Crippen molar-refractivity contribution in [2.75, 3.05) is 34.0 Å². The van der Waals surface area contributed by atoms with Gasteiger partial charge >= 0.3 is 0 Å². The van der Waals surface area contributed by atoms with E-state index in [0.717, 1.165) is 34.7 Å². The van der Waals surface area contributed by atoms with Crippen LogP contribution in [0.1, 0.15) is 43.1 Å². The van der Waals surface area contributed by atoms with Crippen LogP contribution < -0.4 is 4.74 Å². The topological polar surface area (TPSA) is 61.1 Å². The lowest BCUT2D eigenvalue weighted by atomic mass is 10.1. The summed E-state index contributed by atoms with van der Waals surface area (Å²) in [5.74, 6) is 1.13. The van der Waals surface area contributed by atoms with Crippen molar-refractivity contribution in [3.63, 3.8) is 0 Å². The fraction of sp³-hybridized carbons (Fsp3) is 0.357. The predicted molar refractivity (Wildman–Crippen MR) is 141 cm³/mol. The number of hydrogen-bond acceptors (Lipinski definition) is 5. The van der Waals surface area contributed by atoms with E-state index in [-0.39, 0.29) is 11.9 Å². The molecule has 0 saturated carbocycles. The van der Waals surface area contributed by atoms with Crippen LogP contribution in [0.3, 0.4) is 0 Å². The molecule has 0 aliphatic heterocycles. The summed E-state index contributed by atoms with van der Waals surface area (Å²) in [6, 6.07) is 12.5. The molecule has 36 heavy (non-hydrogen) atoms. The van der Waals surface area contributed by atoms with E-state index in [9.17, 15) is 4.39 Å². The van der Waals surface area contributed by atoms with Crippen molar-refractivity contribution < 1.29 is 18.7 Å². The second-order valence-corrected chi connectivity index (χ2v) is 8.32. The number of rotatable bonds is 12. The lowest BCUT2D eigenvalue weighted by molar-refractivity contribution is 0.148. The highest BCUT2D eigenvalue weighted by molar-refractivity contribution is 5.96. The van der Waals surface area contributed by atoms with Gasteiger partial charge in [-0.25, -0.2) is 9.37 Å². The molecule has 0 N–H and O–H groups in total. The molecule has 3 rings (SSSR count). The largest absolute Gasteiger partial charge is 0.495 e. The summed E-state index contributed by atoms with van der Waals surface area (Å²) in [4.78, 5) is 11.9. The lowest BCUT2D eigenvalue weighted by Crippen LogP contribution is -2.34.